The van der Waals surface area contributed by atoms with Crippen LogP contribution in [-0.4, -0.2) is 40.5 Å². The van der Waals surface area contributed by atoms with Crippen molar-refractivity contribution in [3.05, 3.63) is 0 Å². The van der Waals surface area contributed by atoms with Crippen molar-refractivity contribution in [3.8, 4) is 0 Å². The van der Waals surface area contributed by atoms with E-state index >= 15 is 0 Å². The molecule has 0 bridgehead atoms. The average molecular weight is 287 g/mol. The Labute approximate surface area is 119 Å². The van der Waals surface area contributed by atoms with Gasteiger partial charge in [-0.05, 0) is 32.6 Å². The van der Waals surface area contributed by atoms with Gasteiger partial charge in [0.2, 0.25) is 0 Å². The van der Waals surface area contributed by atoms with E-state index in [4.69, 9.17) is 9.84 Å². The van der Waals surface area contributed by atoms with Crippen molar-refractivity contribution in [1.29, 1.82) is 0 Å². The number of aliphatic hydroxyl groups is 1. The van der Waals surface area contributed by atoms with Crippen LogP contribution in [0.4, 0.5) is 4.79 Å². The maximum atomic E-state index is 12.0. The fourth-order valence-corrected chi connectivity index (χ4v) is 2.68. The van der Waals surface area contributed by atoms with Crippen LogP contribution in [-0.2, 0) is 9.53 Å². The van der Waals surface area contributed by atoms with Crippen LogP contribution in [0.2, 0.25) is 0 Å². The second-order valence-electron chi connectivity index (χ2n) is 5.45. The zero-order valence-electron chi connectivity index (χ0n) is 12.2. The van der Waals surface area contributed by atoms with Gasteiger partial charge in [-0.3, -0.25) is 0 Å². The van der Waals surface area contributed by atoms with Gasteiger partial charge in [0, 0.05) is 5.92 Å². The van der Waals surface area contributed by atoms with Gasteiger partial charge >= 0.3 is 12.1 Å². The summed E-state index contributed by atoms with van der Waals surface area (Å²) < 4.78 is 5.34. The molecule has 1 saturated heterocycles. The highest BCUT2D eigenvalue weighted by molar-refractivity contribution is 5.80. The number of esters is 1. The van der Waals surface area contributed by atoms with E-state index in [-0.39, 0.29) is 5.92 Å². The van der Waals surface area contributed by atoms with Crippen LogP contribution in [0.5, 0.6) is 0 Å². The molecule has 0 aromatic carbocycles. The third-order valence-electron chi connectivity index (χ3n) is 3.87. The molecule has 1 rings (SSSR count). The van der Waals surface area contributed by atoms with Crippen LogP contribution in [0.15, 0.2) is 0 Å². The van der Waals surface area contributed by atoms with Gasteiger partial charge in [-0.2, -0.15) is 0 Å². The van der Waals surface area contributed by atoms with Gasteiger partial charge in [0.05, 0.1) is 6.10 Å². The number of carbonyl (C=O) groups excluding carboxylic acids is 1. The van der Waals surface area contributed by atoms with E-state index in [9.17, 15) is 14.7 Å². The van der Waals surface area contributed by atoms with Crippen molar-refractivity contribution in [3.63, 3.8) is 0 Å². The molecule has 20 heavy (non-hydrogen) atoms. The largest absolute Gasteiger partial charge is 0.465 e. The Bertz CT molecular complexity index is 334. The molecule has 4 atom stereocenters. The molecule has 0 unspecified atom stereocenters. The van der Waals surface area contributed by atoms with Gasteiger partial charge in [0.1, 0.15) is 12.1 Å². The molecule has 0 spiro atoms. The summed E-state index contributed by atoms with van der Waals surface area (Å²) in [5, 5.41) is 21.1. The van der Waals surface area contributed by atoms with Crippen LogP contribution < -0.4 is 5.32 Å². The highest BCUT2D eigenvalue weighted by Crippen LogP contribution is 2.25. The summed E-state index contributed by atoms with van der Waals surface area (Å²) in [5.74, 6) is -0.627. The lowest BCUT2D eigenvalue weighted by Gasteiger charge is -2.27. The quantitative estimate of drug-likeness (QED) is 0.686. The summed E-state index contributed by atoms with van der Waals surface area (Å²) in [6.07, 6.45) is 2.17. The molecule has 0 aliphatic carbocycles. The SMILES string of the molecule is CCCC[C@H]1[C@H](C)OC(=O)[C@@H](NC(=O)O)CCC[C@@H]1O. The Morgan fingerprint density at radius 2 is 2.15 bits per heavy atom. The fraction of sp³-hybridized carbons (Fsp3) is 0.857. The standard InChI is InChI=1S/C14H25NO5/c1-3-4-6-10-9(2)20-13(17)11(15-14(18)19)7-5-8-12(10)16/h9-12,15-16H,3-8H2,1-2H3,(H,18,19)/t9-,10-,11-,12-/m0/s1. The summed E-state index contributed by atoms with van der Waals surface area (Å²) in [5.41, 5.74) is 0. The Hall–Kier alpha value is -1.30. The molecule has 1 aliphatic rings. The number of aliphatic hydroxyl groups excluding tert-OH is 1. The minimum atomic E-state index is -1.23. The van der Waals surface area contributed by atoms with Gasteiger partial charge in [0.25, 0.3) is 0 Å². The van der Waals surface area contributed by atoms with E-state index < -0.39 is 30.3 Å². The van der Waals surface area contributed by atoms with Gasteiger partial charge in [-0.15, -0.1) is 0 Å². The number of carboxylic acid groups (broad SMARTS) is 1. The second-order valence-corrected chi connectivity index (χ2v) is 5.45. The Morgan fingerprint density at radius 3 is 2.75 bits per heavy atom. The third-order valence-corrected chi connectivity index (χ3v) is 3.87. The molecule has 0 aromatic rings. The van der Waals surface area contributed by atoms with E-state index in [2.05, 4.69) is 12.2 Å². The molecular formula is C14H25NO5. The number of carbonyl (C=O) groups is 2. The molecule has 1 aliphatic heterocycles. The number of unbranched alkanes of at least 4 members (excludes halogenated alkanes) is 1. The van der Waals surface area contributed by atoms with Crippen LogP contribution in [0.3, 0.4) is 0 Å². The van der Waals surface area contributed by atoms with E-state index in [1.807, 2.05) is 0 Å². The van der Waals surface area contributed by atoms with E-state index in [0.717, 1.165) is 19.3 Å². The predicted octanol–water partition coefficient (Wildman–Crippen LogP) is 1.91. The molecule has 0 aromatic heterocycles. The summed E-state index contributed by atoms with van der Waals surface area (Å²) in [7, 11) is 0. The summed E-state index contributed by atoms with van der Waals surface area (Å²) >= 11 is 0. The molecule has 3 N–H and O–H groups in total. The average Bonchev–Trinajstić information content (AvgIpc) is 2.40. The summed E-state index contributed by atoms with van der Waals surface area (Å²) in [6.45, 7) is 3.84. The lowest BCUT2D eigenvalue weighted by molar-refractivity contribution is -0.155. The molecule has 6 nitrogen and oxygen atoms in total. The monoisotopic (exact) mass is 287 g/mol. The lowest BCUT2D eigenvalue weighted by atomic mass is 9.88. The first-order valence-electron chi connectivity index (χ1n) is 7.33. The molecule has 1 heterocycles. The smallest absolute Gasteiger partial charge is 0.405 e. The predicted molar refractivity (Wildman–Crippen MR) is 73.4 cm³/mol. The molecule has 1 amide bonds. The number of nitrogens with one attached hydrogen (secondary N) is 1. The zero-order valence-corrected chi connectivity index (χ0v) is 12.2. The molecule has 6 heteroatoms. The fourth-order valence-electron chi connectivity index (χ4n) is 2.68. The van der Waals surface area contributed by atoms with Crippen molar-refractivity contribution in [2.45, 2.75) is 70.6 Å². The normalized spacial score (nSPS) is 31.6. The van der Waals surface area contributed by atoms with Crippen molar-refractivity contribution >= 4 is 12.1 Å². The number of hydrogen-bond acceptors (Lipinski definition) is 4. The minimum Gasteiger partial charge on any atom is -0.465 e. The van der Waals surface area contributed by atoms with Gasteiger partial charge in [-0.25, -0.2) is 9.59 Å². The first-order chi connectivity index (χ1) is 9.45. The highest BCUT2D eigenvalue weighted by atomic mass is 16.5. The highest BCUT2D eigenvalue weighted by Gasteiger charge is 2.32. The van der Waals surface area contributed by atoms with E-state index in [1.54, 1.807) is 6.92 Å². The maximum Gasteiger partial charge on any atom is 0.405 e. The van der Waals surface area contributed by atoms with Crippen LogP contribution in [0, 0.1) is 5.92 Å². The topological polar surface area (TPSA) is 95.9 Å². The van der Waals surface area contributed by atoms with Crippen molar-refractivity contribution in [1.82, 2.24) is 5.32 Å². The van der Waals surface area contributed by atoms with E-state index in [1.165, 1.54) is 0 Å². The van der Waals surface area contributed by atoms with Gasteiger partial charge in [0.15, 0.2) is 0 Å². The Balaban J connectivity index is 2.73. The lowest BCUT2D eigenvalue weighted by Crippen LogP contribution is -2.42. The molecular weight excluding hydrogens is 262 g/mol. The molecule has 0 saturated carbocycles. The minimum absolute atomic E-state index is 0.0810. The Kier molecular flexibility index (Phi) is 6.78. The van der Waals surface area contributed by atoms with Crippen LogP contribution in [0.25, 0.3) is 0 Å². The Morgan fingerprint density at radius 1 is 1.45 bits per heavy atom. The number of hydrogen-bond donors (Lipinski definition) is 3. The van der Waals surface area contributed by atoms with E-state index in [0.29, 0.717) is 19.3 Å². The van der Waals surface area contributed by atoms with Gasteiger partial charge < -0.3 is 20.3 Å². The van der Waals surface area contributed by atoms with Gasteiger partial charge in [-0.1, -0.05) is 19.8 Å². The first-order valence-corrected chi connectivity index (χ1v) is 7.33. The number of cyclic esters (lactones) is 1. The maximum absolute atomic E-state index is 12.0. The van der Waals surface area contributed by atoms with Crippen molar-refractivity contribution < 1.29 is 24.5 Å². The zero-order chi connectivity index (χ0) is 15.1. The summed E-state index contributed by atoms with van der Waals surface area (Å²) in [6, 6.07) is -0.841. The first kappa shape index (κ1) is 16.8. The van der Waals surface area contributed by atoms with Crippen LogP contribution >= 0.6 is 0 Å². The molecule has 1 fully saturated rings. The third kappa shape index (κ3) is 5.00. The van der Waals surface area contributed by atoms with Crippen molar-refractivity contribution in [2.24, 2.45) is 5.92 Å². The number of rotatable bonds is 4. The van der Waals surface area contributed by atoms with Crippen molar-refractivity contribution in [2.75, 3.05) is 0 Å². The number of amides is 1. The second kappa shape index (κ2) is 8.09. The molecule has 116 valence electrons. The number of ether oxygens (including phenoxy) is 1. The molecule has 0 radical (unpaired) electrons. The summed E-state index contributed by atoms with van der Waals surface area (Å²) in [4.78, 5) is 22.6. The van der Waals surface area contributed by atoms with Crippen LogP contribution in [0.1, 0.15) is 52.4 Å².